The minimum Gasteiger partial charge on any atom is -0.336 e. The van der Waals surface area contributed by atoms with Gasteiger partial charge in [-0.25, -0.2) is 0 Å². The van der Waals surface area contributed by atoms with Crippen LogP contribution >= 0.6 is 23.2 Å². The number of hydrogen-bond donors (Lipinski definition) is 0. The molecular weight excluding hydrogens is 357 g/mol. The summed E-state index contributed by atoms with van der Waals surface area (Å²) in [5, 5.41) is 10.1. The monoisotopic (exact) mass is 373 g/mol. The summed E-state index contributed by atoms with van der Waals surface area (Å²) in [6.45, 7) is 3.70. The summed E-state index contributed by atoms with van der Waals surface area (Å²) in [5.74, 6) is -0.0220. The number of rotatable bonds is 3. The second kappa shape index (κ2) is 7.88. The Morgan fingerprint density at radius 3 is 2.48 bits per heavy atom. The molecule has 1 aliphatic rings. The van der Waals surface area contributed by atoms with Crippen LogP contribution in [0.5, 0.6) is 0 Å². The lowest BCUT2D eigenvalue weighted by Crippen LogP contribution is -2.48. The molecule has 0 saturated carbocycles. The van der Waals surface area contributed by atoms with Crippen LogP contribution in [-0.2, 0) is 6.54 Å². The summed E-state index contributed by atoms with van der Waals surface area (Å²) < 4.78 is 0. The highest BCUT2D eigenvalue weighted by Gasteiger charge is 2.22. The number of nitriles is 1. The second-order valence-electron chi connectivity index (χ2n) is 6.01. The first-order valence-corrected chi connectivity index (χ1v) is 8.78. The van der Waals surface area contributed by atoms with E-state index in [0.717, 1.165) is 25.2 Å². The first-order chi connectivity index (χ1) is 12.1. The van der Waals surface area contributed by atoms with E-state index in [2.05, 4.69) is 11.0 Å². The lowest BCUT2D eigenvalue weighted by molar-refractivity contribution is 0.0628. The van der Waals surface area contributed by atoms with E-state index in [4.69, 9.17) is 28.5 Å². The molecule has 128 valence electrons. The quantitative estimate of drug-likeness (QED) is 0.821. The van der Waals surface area contributed by atoms with E-state index in [0.29, 0.717) is 34.3 Å². The second-order valence-corrected chi connectivity index (χ2v) is 6.82. The van der Waals surface area contributed by atoms with Crippen LogP contribution in [-0.4, -0.2) is 41.9 Å². The highest BCUT2D eigenvalue weighted by Crippen LogP contribution is 2.23. The van der Waals surface area contributed by atoms with Crippen molar-refractivity contribution in [2.75, 3.05) is 26.2 Å². The first kappa shape index (κ1) is 17.8. The molecule has 4 nitrogen and oxygen atoms in total. The van der Waals surface area contributed by atoms with Gasteiger partial charge in [-0.2, -0.15) is 5.26 Å². The summed E-state index contributed by atoms with van der Waals surface area (Å²) in [6.07, 6.45) is 0. The zero-order valence-electron chi connectivity index (χ0n) is 13.6. The van der Waals surface area contributed by atoms with Crippen LogP contribution in [0.3, 0.4) is 0 Å². The molecule has 1 aliphatic heterocycles. The van der Waals surface area contributed by atoms with E-state index >= 15 is 0 Å². The van der Waals surface area contributed by atoms with E-state index in [-0.39, 0.29) is 5.91 Å². The van der Waals surface area contributed by atoms with Crippen molar-refractivity contribution in [3.8, 4) is 6.07 Å². The lowest BCUT2D eigenvalue weighted by Gasteiger charge is -2.34. The largest absolute Gasteiger partial charge is 0.336 e. The van der Waals surface area contributed by atoms with Gasteiger partial charge < -0.3 is 4.90 Å². The van der Waals surface area contributed by atoms with Gasteiger partial charge in [-0.05, 0) is 35.9 Å². The fourth-order valence-electron chi connectivity index (χ4n) is 2.91. The van der Waals surface area contributed by atoms with Crippen molar-refractivity contribution in [2.24, 2.45) is 0 Å². The van der Waals surface area contributed by atoms with Crippen LogP contribution in [0, 0.1) is 11.3 Å². The number of halogens is 2. The Labute approximate surface area is 157 Å². The summed E-state index contributed by atoms with van der Waals surface area (Å²) in [6, 6.07) is 14.6. The molecule has 2 aromatic rings. The van der Waals surface area contributed by atoms with Gasteiger partial charge in [0.2, 0.25) is 0 Å². The van der Waals surface area contributed by atoms with Crippen molar-refractivity contribution in [3.05, 3.63) is 69.2 Å². The van der Waals surface area contributed by atoms with Gasteiger partial charge in [-0.15, -0.1) is 0 Å². The molecule has 1 fully saturated rings. The van der Waals surface area contributed by atoms with Gasteiger partial charge in [-0.3, -0.25) is 9.69 Å². The Balaban J connectivity index is 1.58. The summed E-state index contributed by atoms with van der Waals surface area (Å²) in [4.78, 5) is 16.7. The van der Waals surface area contributed by atoms with Crippen molar-refractivity contribution >= 4 is 29.1 Å². The van der Waals surface area contributed by atoms with Crippen molar-refractivity contribution in [3.63, 3.8) is 0 Å². The number of nitrogens with zero attached hydrogens (tertiary/aromatic N) is 3. The molecule has 6 heteroatoms. The zero-order chi connectivity index (χ0) is 17.8. The van der Waals surface area contributed by atoms with Crippen LogP contribution in [0.4, 0.5) is 0 Å². The molecule has 0 atom stereocenters. The molecule has 1 amide bonds. The van der Waals surface area contributed by atoms with Gasteiger partial charge in [0.25, 0.3) is 5.91 Å². The Morgan fingerprint density at radius 2 is 1.80 bits per heavy atom. The van der Waals surface area contributed by atoms with E-state index in [1.807, 2.05) is 17.0 Å². The number of amides is 1. The minimum absolute atomic E-state index is 0.0220. The van der Waals surface area contributed by atoms with E-state index in [1.165, 1.54) is 0 Å². The predicted octanol–water partition coefficient (Wildman–Crippen LogP) is 3.82. The van der Waals surface area contributed by atoms with Gasteiger partial charge in [0.15, 0.2) is 0 Å². The molecule has 25 heavy (non-hydrogen) atoms. The predicted molar refractivity (Wildman–Crippen MR) is 98.8 cm³/mol. The molecule has 0 aromatic heterocycles. The Bertz CT molecular complexity index is 824. The molecule has 0 radical (unpaired) electrons. The number of carbonyl (C=O) groups excluding carboxylic acids is 1. The minimum atomic E-state index is -0.0220. The molecular formula is C19H17Cl2N3O. The van der Waals surface area contributed by atoms with Gasteiger partial charge >= 0.3 is 0 Å². The van der Waals surface area contributed by atoms with Gasteiger partial charge in [0.1, 0.15) is 0 Å². The van der Waals surface area contributed by atoms with Crippen LogP contribution in [0.25, 0.3) is 0 Å². The summed E-state index contributed by atoms with van der Waals surface area (Å²) in [7, 11) is 0. The molecule has 0 unspecified atom stereocenters. The van der Waals surface area contributed by atoms with Crippen LogP contribution < -0.4 is 0 Å². The van der Waals surface area contributed by atoms with E-state index in [1.54, 1.807) is 30.3 Å². The molecule has 1 heterocycles. The van der Waals surface area contributed by atoms with Gasteiger partial charge in [0.05, 0.1) is 21.7 Å². The number of hydrogen-bond acceptors (Lipinski definition) is 3. The van der Waals surface area contributed by atoms with Crippen molar-refractivity contribution in [1.82, 2.24) is 9.80 Å². The van der Waals surface area contributed by atoms with E-state index in [9.17, 15) is 4.79 Å². The van der Waals surface area contributed by atoms with E-state index < -0.39 is 0 Å². The Morgan fingerprint density at radius 1 is 1.04 bits per heavy atom. The SMILES string of the molecule is N#Cc1cccc(C(=O)N2CCN(Cc3ccc(Cl)c(Cl)c3)CC2)c1. The van der Waals surface area contributed by atoms with Crippen molar-refractivity contribution in [2.45, 2.75) is 6.54 Å². The fraction of sp³-hybridized carbons (Fsp3) is 0.263. The molecule has 2 aromatic carbocycles. The normalized spacial score (nSPS) is 15.0. The molecule has 0 aliphatic carbocycles. The zero-order valence-corrected chi connectivity index (χ0v) is 15.1. The van der Waals surface area contributed by atoms with Gasteiger partial charge in [-0.1, -0.05) is 35.3 Å². The van der Waals surface area contributed by atoms with Crippen LogP contribution in [0.1, 0.15) is 21.5 Å². The van der Waals surface area contributed by atoms with Crippen LogP contribution in [0.2, 0.25) is 10.0 Å². The van der Waals surface area contributed by atoms with Crippen LogP contribution in [0.15, 0.2) is 42.5 Å². The summed E-state index contributed by atoms with van der Waals surface area (Å²) in [5.41, 5.74) is 2.18. The highest BCUT2D eigenvalue weighted by atomic mass is 35.5. The molecule has 0 N–H and O–H groups in total. The third kappa shape index (κ3) is 4.32. The van der Waals surface area contributed by atoms with Gasteiger partial charge in [0, 0.05) is 38.3 Å². The van der Waals surface area contributed by atoms with Crippen molar-refractivity contribution < 1.29 is 4.79 Å². The fourth-order valence-corrected chi connectivity index (χ4v) is 3.23. The average Bonchev–Trinajstić information content (AvgIpc) is 2.65. The Hall–Kier alpha value is -2.06. The molecule has 1 saturated heterocycles. The number of carbonyl (C=O) groups is 1. The number of benzene rings is 2. The summed E-state index contributed by atoms with van der Waals surface area (Å²) >= 11 is 12.0. The maximum Gasteiger partial charge on any atom is 0.253 e. The highest BCUT2D eigenvalue weighted by molar-refractivity contribution is 6.42. The number of piperazine rings is 1. The molecule has 0 bridgehead atoms. The Kier molecular flexibility index (Phi) is 5.60. The van der Waals surface area contributed by atoms with Crippen molar-refractivity contribution in [1.29, 1.82) is 5.26 Å². The standard InChI is InChI=1S/C19H17Cl2N3O/c20-17-5-4-15(11-18(17)21)13-23-6-8-24(9-7-23)19(25)16-3-1-2-14(10-16)12-22/h1-5,10-11H,6-9,13H2. The smallest absolute Gasteiger partial charge is 0.253 e. The first-order valence-electron chi connectivity index (χ1n) is 8.02. The average molecular weight is 374 g/mol. The maximum atomic E-state index is 12.6. The topological polar surface area (TPSA) is 47.3 Å². The maximum absolute atomic E-state index is 12.6. The third-order valence-corrected chi connectivity index (χ3v) is 5.03. The lowest BCUT2D eigenvalue weighted by atomic mass is 10.1. The molecule has 3 rings (SSSR count). The third-order valence-electron chi connectivity index (χ3n) is 4.29. The molecule has 0 spiro atoms.